The van der Waals surface area contributed by atoms with Gasteiger partial charge in [0.05, 0.1) is 23.0 Å². The molecule has 1 amide bonds. The monoisotopic (exact) mass is 342 g/mol. The molecule has 0 aliphatic carbocycles. The molecule has 6 nitrogen and oxygen atoms in total. The number of hydrogen-bond acceptors (Lipinski definition) is 5. The summed E-state index contributed by atoms with van der Waals surface area (Å²) in [6.07, 6.45) is -0.184. The highest BCUT2D eigenvalue weighted by atomic mass is 32.2. The van der Waals surface area contributed by atoms with Crippen LogP contribution >= 0.6 is 0 Å². The van der Waals surface area contributed by atoms with Crippen molar-refractivity contribution in [1.29, 1.82) is 0 Å². The zero-order valence-electron chi connectivity index (χ0n) is 14.1. The molecule has 0 aliphatic heterocycles. The third kappa shape index (κ3) is 5.93. The molecule has 0 radical (unpaired) electrons. The second kappa shape index (κ2) is 7.90. The molecule has 7 heteroatoms. The Morgan fingerprint density at radius 2 is 2.00 bits per heavy atom. The minimum Gasteiger partial charge on any atom is -0.380 e. The van der Waals surface area contributed by atoms with Gasteiger partial charge in [-0.05, 0) is 38.5 Å². The number of sulfone groups is 1. The van der Waals surface area contributed by atoms with E-state index in [9.17, 15) is 13.2 Å². The van der Waals surface area contributed by atoms with Gasteiger partial charge in [-0.25, -0.2) is 8.42 Å². The average molecular weight is 342 g/mol. The van der Waals surface area contributed by atoms with Crippen LogP contribution in [-0.2, 0) is 25.1 Å². The molecule has 130 valence electrons. The Kier molecular flexibility index (Phi) is 6.73. The summed E-state index contributed by atoms with van der Waals surface area (Å²) in [5.41, 5.74) is 6.69. The fourth-order valence-electron chi connectivity index (χ4n) is 1.86. The van der Waals surface area contributed by atoms with E-state index in [-0.39, 0.29) is 30.7 Å². The summed E-state index contributed by atoms with van der Waals surface area (Å²) < 4.78 is 28.8. The van der Waals surface area contributed by atoms with Gasteiger partial charge >= 0.3 is 0 Å². The average Bonchev–Trinajstić information content (AvgIpc) is 2.43. The number of carbonyl (C=O) groups excluding carboxylic acids is 1. The minimum atomic E-state index is -3.27. The number of rotatable bonds is 7. The van der Waals surface area contributed by atoms with Crippen LogP contribution in [0, 0.1) is 0 Å². The summed E-state index contributed by atoms with van der Waals surface area (Å²) in [5, 5.41) is 2.74. The van der Waals surface area contributed by atoms with Crippen LogP contribution in [0.5, 0.6) is 0 Å². The number of hydrogen-bond donors (Lipinski definition) is 2. The quantitative estimate of drug-likeness (QED) is 0.786. The molecule has 1 unspecified atom stereocenters. The van der Waals surface area contributed by atoms with E-state index in [0.29, 0.717) is 11.3 Å². The van der Waals surface area contributed by atoms with Crippen LogP contribution in [0.25, 0.3) is 0 Å². The lowest BCUT2D eigenvalue weighted by Crippen LogP contribution is -2.29. The zero-order chi connectivity index (χ0) is 17.7. The fourth-order valence-corrected chi connectivity index (χ4v) is 2.91. The van der Waals surface area contributed by atoms with Gasteiger partial charge in [0.15, 0.2) is 9.84 Å². The molecule has 0 spiro atoms. The lowest BCUT2D eigenvalue weighted by molar-refractivity contribution is -0.118. The van der Waals surface area contributed by atoms with Crippen LogP contribution in [0.15, 0.2) is 24.3 Å². The number of methoxy groups -OCH3 is 1. The van der Waals surface area contributed by atoms with Crippen LogP contribution in [0.3, 0.4) is 0 Å². The molecule has 0 aliphatic rings. The van der Waals surface area contributed by atoms with E-state index in [4.69, 9.17) is 10.5 Å². The molecule has 0 saturated heterocycles. The first-order valence-corrected chi connectivity index (χ1v) is 9.08. The highest BCUT2D eigenvalue weighted by molar-refractivity contribution is 7.91. The van der Waals surface area contributed by atoms with E-state index in [2.05, 4.69) is 5.32 Å². The molecule has 0 aromatic heterocycles. The van der Waals surface area contributed by atoms with Crippen molar-refractivity contribution in [3.63, 3.8) is 0 Å². The van der Waals surface area contributed by atoms with Gasteiger partial charge in [0.25, 0.3) is 0 Å². The van der Waals surface area contributed by atoms with Gasteiger partial charge in [0.1, 0.15) is 0 Å². The lowest BCUT2D eigenvalue weighted by atomic mass is 10.2. The Labute approximate surface area is 138 Å². The molecule has 0 saturated carbocycles. The van der Waals surface area contributed by atoms with E-state index in [1.54, 1.807) is 45.0 Å². The lowest BCUT2D eigenvalue weighted by Gasteiger charge is -2.19. The summed E-state index contributed by atoms with van der Waals surface area (Å²) in [7, 11) is -1.77. The third-order valence-corrected chi connectivity index (χ3v) is 6.09. The van der Waals surface area contributed by atoms with Crippen molar-refractivity contribution in [2.45, 2.75) is 43.8 Å². The summed E-state index contributed by atoms with van der Waals surface area (Å²) in [4.78, 5) is 11.9. The summed E-state index contributed by atoms with van der Waals surface area (Å²) in [6, 6.07) is 6.84. The summed E-state index contributed by atoms with van der Waals surface area (Å²) in [6.45, 7) is 5.27. The number of anilines is 1. The molecule has 1 aromatic rings. The normalized spacial score (nSPS) is 13.6. The zero-order valence-corrected chi connectivity index (χ0v) is 14.9. The van der Waals surface area contributed by atoms with Crippen molar-refractivity contribution < 1.29 is 17.9 Å². The van der Waals surface area contributed by atoms with Gasteiger partial charge in [-0.15, -0.1) is 0 Å². The van der Waals surface area contributed by atoms with E-state index in [1.165, 1.54) is 7.11 Å². The molecule has 0 bridgehead atoms. The highest BCUT2D eigenvalue weighted by Gasteiger charge is 2.29. The first-order chi connectivity index (χ1) is 10.6. The second-order valence-corrected chi connectivity index (χ2v) is 9.16. The number of nitrogens with two attached hydrogens (primary N) is 1. The smallest absolute Gasteiger partial charge is 0.227 e. The van der Waals surface area contributed by atoms with Gasteiger partial charge in [0, 0.05) is 19.3 Å². The molecule has 0 heterocycles. The Morgan fingerprint density at radius 1 is 1.35 bits per heavy atom. The fraction of sp³-hybridized carbons (Fsp3) is 0.562. The molecule has 23 heavy (non-hydrogen) atoms. The highest BCUT2D eigenvalue weighted by Crippen LogP contribution is 2.22. The van der Waals surface area contributed by atoms with Gasteiger partial charge in [0.2, 0.25) is 5.91 Å². The number of amides is 1. The van der Waals surface area contributed by atoms with Crippen molar-refractivity contribution >= 4 is 21.4 Å². The van der Waals surface area contributed by atoms with Crippen molar-refractivity contribution in [3.8, 4) is 0 Å². The minimum absolute atomic E-state index is 0.0658. The van der Waals surface area contributed by atoms with Crippen LogP contribution in [0.2, 0.25) is 0 Å². The maximum atomic E-state index is 12.3. The van der Waals surface area contributed by atoms with Crippen LogP contribution in [0.4, 0.5) is 5.69 Å². The van der Waals surface area contributed by atoms with Gasteiger partial charge in [-0.1, -0.05) is 12.1 Å². The van der Waals surface area contributed by atoms with Crippen molar-refractivity contribution in [1.82, 2.24) is 0 Å². The molecule has 1 rings (SSSR count). The van der Waals surface area contributed by atoms with E-state index >= 15 is 0 Å². The first-order valence-electron chi connectivity index (χ1n) is 7.43. The van der Waals surface area contributed by atoms with E-state index < -0.39 is 14.6 Å². The Morgan fingerprint density at radius 3 is 2.52 bits per heavy atom. The van der Waals surface area contributed by atoms with Crippen LogP contribution < -0.4 is 11.1 Å². The number of nitrogens with one attached hydrogen (secondary N) is 1. The van der Waals surface area contributed by atoms with Crippen LogP contribution in [0.1, 0.15) is 32.8 Å². The maximum absolute atomic E-state index is 12.3. The Hall–Kier alpha value is -1.44. The standard InChI is InChI=1S/C16H26N2O4S/c1-16(2,3)23(20,21)11-12-6-5-7-13(8-12)18-15(19)9-14(10-17)22-4/h5-8,14H,9-11,17H2,1-4H3,(H,18,19). The Bertz CT molecular complexity index is 632. The van der Waals surface area contributed by atoms with E-state index in [1.807, 2.05) is 0 Å². The largest absolute Gasteiger partial charge is 0.380 e. The number of carbonyl (C=O) groups is 1. The molecule has 1 aromatic carbocycles. The SMILES string of the molecule is COC(CN)CC(=O)Nc1cccc(CS(=O)(=O)C(C)(C)C)c1. The molecule has 0 fully saturated rings. The second-order valence-electron chi connectivity index (χ2n) is 6.42. The number of ether oxygens (including phenoxy) is 1. The topological polar surface area (TPSA) is 98.5 Å². The predicted molar refractivity (Wildman–Crippen MR) is 91.9 cm³/mol. The summed E-state index contributed by atoms with van der Waals surface area (Å²) in [5.74, 6) is -0.290. The third-order valence-electron chi connectivity index (χ3n) is 3.51. The van der Waals surface area contributed by atoms with E-state index in [0.717, 1.165) is 0 Å². The maximum Gasteiger partial charge on any atom is 0.227 e. The van der Waals surface area contributed by atoms with Crippen molar-refractivity contribution in [3.05, 3.63) is 29.8 Å². The predicted octanol–water partition coefficient (Wildman–Crippen LogP) is 1.70. The Balaban J connectivity index is 2.80. The van der Waals surface area contributed by atoms with Gasteiger partial charge in [-0.2, -0.15) is 0 Å². The van der Waals surface area contributed by atoms with Crippen molar-refractivity contribution in [2.75, 3.05) is 19.0 Å². The van der Waals surface area contributed by atoms with Gasteiger partial charge in [-0.3, -0.25) is 4.79 Å². The first kappa shape index (κ1) is 19.6. The molecule has 3 N–H and O–H groups in total. The van der Waals surface area contributed by atoms with Crippen LogP contribution in [-0.4, -0.2) is 38.8 Å². The van der Waals surface area contributed by atoms with Gasteiger partial charge < -0.3 is 15.8 Å². The van der Waals surface area contributed by atoms with Crippen molar-refractivity contribution in [2.24, 2.45) is 5.73 Å². The molecular weight excluding hydrogens is 316 g/mol. The summed E-state index contributed by atoms with van der Waals surface area (Å²) >= 11 is 0. The molecule has 1 atom stereocenters. The molecular formula is C16H26N2O4S. The number of benzene rings is 1.